The van der Waals surface area contributed by atoms with Crippen LogP contribution in [0.1, 0.15) is 13.7 Å². The summed E-state index contributed by atoms with van der Waals surface area (Å²) in [5.74, 6) is 0.352. The van der Waals surface area contributed by atoms with Crippen LogP contribution in [0.2, 0.25) is 0 Å². The van der Waals surface area contributed by atoms with Crippen LogP contribution in [0.25, 0.3) is 78.4 Å². The summed E-state index contributed by atoms with van der Waals surface area (Å²) in [4.78, 5) is 14.2. The first-order valence-corrected chi connectivity index (χ1v) is 13.5. The fourth-order valence-corrected chi connectivity index (χ4v) is 5.10. The van der Waals surface area contributed by atoms with Gasteiger partial charge in [0.1, 0.15) is 11.2 Å². The van der Waals surface area contributed by atoms with Crippen molar-refractivity contribution in [2.45, 2.75) is 0 Å². The largest absolute Gasteiger partial charge is 0.456 e. The third-order valence-electron chi connectivity index (χ3n) is 7.15. The van der Waals surface area contributed by atoms with Crippen LogP contribution in [0.4, 0.5) is 0 Å². The molecule has 4 nitrogen and oxygen atoms in total. The predicted molar refractivity (Wildman–Crippen MR) is 174 cm³/mol. The second kappa shape index (κ2) is 10.5. The molecule has 0 fully saturated rings. The maximum atomic E-state index is 8.65. The van der Waals surface area contributed by atoms with Crippen LogP contribution in [0.5, 0.6) is 0 Å². The summed E-state index contributed by atoms with van der Waals surface area (Å²) < 4.78 is 88.6. The average molecular weight is 562 g/mol. The summed E-state index contributed by atoms with van der Waals surface area (Å²) >= 11 is 0. The van der Waals surface area contributed by atoms with Crippen molar-refractivity contribution in [3.05, 3.63) is 151 Å². The Morgan fingerprint density at radius 1 is 0.419 bits per heavy atom. The van der Waals surface area contributed by atoms with Crippen molar-refractivity contribution in [1.29, 1.82) is 0 Å². The van der Waals surface area contributed by atoms with Crippen LogP contribution in [0, 0.1) is 0 Å². The highest BCUT2D eigenvalue weighted by Crippen LogP contribution is 2.36. The van der Waals surface area contributed by atoms with Gasteiger partial charge in [0, 0.05) is 27.5 Å². The van der Waals surface area contributed by atoms with Gasteiger partial charge in [0.05, 0.1) is 13.7 Å². The topological polar surface area (TPSA) is 51.8 Å². The molecule has 2 aromatic heterocycles. The van der Waals surface area contributed by atoms with Crippen molar-refractivity contribution in [1.82, 2.24) is 15.0 Å². The van der Waals surface area contributed by atoms with Crippen LogP contribution < -0.4 is 0 Å². The molecule has 0 bridgehead atoms. The molecule has 0 N–H and O–H groups in total. The number of rotatable bonds is 5. The van der Waals surface area contributed by atoms with E-state index in [1.54, 1.807) is 36.4 Å². The van der Waals surface area contributed by atoms with Crippen LogP contribution in [0.3, 0.4) is 0 Å². The standard InChI is InChI=1S/C39H25N3O/c1-3-10-26(11-4-1)27-18-20-28(21-19-27)29-22-24-31(25-23-29)38-40-37(30-12-5-2-6-13-30)41-39(42-38)33-15-9-17-35-36(33)32-14-7-8-16-34(32)43-35/h1-25H/i1D,2D,3D,4D,5D,6D,10D,11D,12D,13D. The second-order valence-electron chi connectivity index (χ2n) is 9.74. The molecule has 43 heavy (non-hydrogen) atoms. The van der Waals surface area contributed by atoms with Gasteiger partial charge in [-0.15, -0.1) is 0 Å². The van der Waals surface area contributed by atoms with E-state index < -0.39 is 48.3 Å². The molecule has 0 amide bonds. The lowest BCUT2D eigenvalue weighted by Gasteiger charge is -2.10. The van der Waals surface area contributed by atoms with E-state index in [-0.39, 0.29) is 40.7 Å². The molecule has 0 saturated heterocycles. The van der Waals surface area contributed by atoms with E-state index in [2.05, 4.69) is 4.98 Å². The quantitative estimate of drug-likeness (QED) is 0.210. The van der Waals surface area contributed by atoms with Gasteiger partial charge in [0.25, 0.3) is 0 Å². The molecule has 6 aromatic carbocycles. The Kier molecular flexibility index (Phi) is 4.04. The Morgan fingerprint density at radius 2 is 0.930 bits per heavy atom. The van der Waals surface area contributed by atoms with E-state index >= 15 is 0 Å². The molecule has 0 aliphatic heterocycles. The first-order chi connectivity index (χ1) is 25.4. The average Bonchev–Trinajstić information content (AvgIpc) is 3.57. The summed E-state index contributed by atoms with van der Waals surface area (Å²) in [6.07, 6.45) is 0. The highest BCUT2D eigenvalue weighted by molar-refractivity contribution is 6.11. The molecule has 8 rings (SSSR count). The van der Waals surface area contributed by atoms with Gasteiger partial charge < -0.3 is 4.42 Å². The monoisotopic (exact) mass is 561 g/mol. The Hall–Kier alpha value is -5.87. The van der Waals surface area contributed by atoms with Crippen molar-refractivity contribution >= 4 is 21.9 Å². The summed E-state index contributed by atoms with van der Waals surface area (Å²) in [5.41, 5.74) is 4.55. The number of nitrogens with zero attached hydrogens (tertiary/aromatic N) is 3. The minimum atomic E-state index is -0.523. The summed E-state index contributed by atoms with van der Waals surface area (Å²) in [5, 5.41) is 1.60. The Labute approximate surface area is 263 Å². The summed E-state index contributed by atoms with van der Waals surface area (Å²) in [7, 11) is 0. The molecule has 202 valence electrons. The van der Waals surface area contributed by atoms with Crippen LogP contribution in [0.15, 0.2) is 156 Å². The van der Waals surface area contributed by atoms with Gasteiger partial charge in [-0.05, 0) is 34.4 Å². The number of hydrogen-bond acceptors (Lipinski definition) is 4. The molecule has 0 atom stereocenters. The Balaban J connectivity index is 1.25. The number of para-hydroxylation sites is 1. The van der Waals surface area contributed by atoms with Gasteiger partial charge in [0.15, 0.2) is 17.5 Å². The minimum absolute atomic E-state index is 0.0842. The molecule has 0 radical (unpaired) electrons. The zero-order valence-corrected chi connectivity index (χ0v) is 22.4. The first kappa shape index (κ1) is 16.5. The van der Waals surface area contributed by atoms with E-state index in [4.69, 9.17) is 28.1 Å². The van der Waals surface area contributed by atoms with Crippen molar-refractivity contribution in [3.63, 3.8) is 0 Å². The molecule has 0 aliphatic carbocycles. The molecule has 2 heterocycles. The third-order valence-corrected chi connectivity index (χ3v) is 7.15. The van der Waals surface area contributed by atoms with Gasteiger partial charge in [-0.1, -0.05) is 139 Å². The Bertz CT molecular complexity index is 2730. The smallest absolute Gasteiger partial charge is 0.164 e. The van der Waals surface area contributed by atoms with Crippen LogP contribution >= 0.6 is 0 Å². The zero-order valence-electron chi connectivity index (χ0n) is 32.4. The van der Waals surface area contributed by atoms with E-state index in [0.29, 0.717) is 27.9 Å². The summed E-state index contributed by atoms with van der Waals surface area (Å²) in [6, 6.07) is 23.2. The van der Waals surface area contributed by atoms with E-state index in [1.165, 1.54) is 0 Å². The minimum Gasteiger partial charge on any atom is -0.456 e. The van der Waals surface area contributed by atoms with Crippen molar-refractivity contribution in [3.8, 4) is 56.4 Å². The van der Waals surface area contributed by atoms with E-state index in [9.17, 15) is 0 Å². The molecular weight excluding hydrogens is 526 g/mol. The number of aromatic nitrogens is 3. The lowest BCUT2D eigenvalue weighted by atomic mass is 9.99. The SMILES string of the molecule is [2H]c1c([2H])c([2H])c(-c2ccc(-c3ccc(-c4nc(-c5c([2H])c([2H])c([2H])c([2H])c5[2H])nc(-c5cccc6oc7ccccc7c56)n4)cc3)cc2)c([2H])c1[2H]. The van der Waals surface area contributed by atoms with Gasteiger partial charge in [0.2, 0.25) is 0 Å². The fourth-order valence-electron chi connectivity index (χ4n) is 5.10. The molecule has 0 saturated carbocycles. The predicted octanol–water partition coefficient (Wildman–Crippen LogP) is 10.1. The molecule has 8 aromatic rings. The highest BCUT2D eigenvalue weighted by atomic mass is 16.3. The van der Waals surface area contributed by atoms with E-state index in [1.807, 2.05) is 54.6 Å². The zero-order chi connectivity index (χ0) is 37.3. The number of hydrogen-bond donors (Lipinski definition) is 0. The normalized spacial score (nSPS) is 14.5. The van der Waals surface area contributed by atoms with E-state index in [0.717, 1.165) is 21.9 Å². The molecule has 0 aliphatic rings. The third kappa shape index (κ3) is 4.65. The van der Waals surface area contributed by atoms with Crippen LogP contribution in [-0.2, 0) is 0 Å². The maximum absolute atomic E-state index is 8.65. The maximum Gasteiger partial charge on any atom is 0.164 e. The van der Waals surface area contributed by atoms with Crippen molar-refractivity contribution in [2.24, 2.45) is 0 Å². The number of benzene rings is 6. The van der Waals surface area contributed by atoms with Gasteiger partial charge in [-0.25, -0.2) is 15.0 Å². The Morgan fingerprint density at radius 3 is 1.60 bits per heavy atom. The molecule has 4 heteroatoms. The lowest BCUT2D eigenvalue weighted by molar-refractivity contribution is 0.669. The fraction of sp³-hybridized carbons (Fsp3) is 0. The molecular formula is C39H25N3O. The van der Waals surface area contributed by atoms with Gasteiger partial charge >= 0.3 is 0 Å². The van der Waals surface area contributed by atoms with Gasteiger partial charge in [-0.2, -0.15) is 0 Å². The second-order valence-corrected chi connectivity index (χ2v) is 9.74. The lowest BCUT2D eigenvalue weighted by Crippen LogP contribution is -2.00. The van der Waals surface area contributed by atoms with Gasteiger partial charge in [-0.3, -0.25) is 0 Å². The number of fused-ring (bicyclic) bond motifs is 3. The molecule has 0 spiro atoms. The number of furan rings is 1. The van der Waals surface area contributed by atoms with Crippen molar-refractivity contribution in [2.75, 3.05) is 0 Å². The van der Waals surface area contributed by atoms with Crippen LogP contribution in [-0.4, -0.2) is 15.0 Å². The summed E-state index contributed by atoms with van der Waals surface area (Å²) in [6.45, 7) is 0. The van der Waals surface area contributed by atoms with Crippen molar-refractivity contribution < 1.29 is 18.1 Å². The first-order valence-electron chi connectivity index (χ1n) is 18.5. The highest BCUT2D eigenvalue weighted by Gasteiger charge is 2.17. The molecule has 0 unspecified atom stereocenters.